The van der Waals surface area contributed by atoms with Crippen LogP contribution in [-0.4, -0.2) is 48.9 Å². The number of carbonyl (C=O) groups excluding carboxylic acids is 2. The molecule has 130 valence electrons. The van der Waals surface area contributed by atoms with Crippen molar-refractivity contribution >= 4 is 17.5 Å². The van der Waals surface area contributed by atoms with Gasteiger partial charge in [-0.2, -0.15) is 0 Å². The molecule has 2 amide bonds. The number of para-hydroxylation sites is 1. The van der Waals surface area contributed by atoms with Crippen LogP contribution in [0, 0.1) is 11.8 Å². The van der Waals surface area contributed by atoms with E-state index in [1.165, 1.54) is 0 Å². The molecule has 2 fully saturated rings. The van der Waals surface area contributed by atoms with Crippen molar-refractivity contribution in [3.63, 3.8) is 0 Å². The van der Waals surface area contributed by atoms with Crippen LogP contribution in [0.2, 0.25) is 0 Å². The molecular weight excluding hydrogens is 302 g/mol. The number of amides is 2. The summed E-state index contributed by atoms with van der Waals surface area (Å²) in [7, 11) is 0. The highest BCUT2D eigenvalue weighted by Crippen LogP contribution is 2.25. The topological polar surface area (TPSA) is 52.7 Å². The average Bonchev–Trinajstić information content (AvgIpc) is 3.20. The molecule has 0 bridgehead atoms. The van der Waals surface area contributed by atoms with Crippen LogP contribution < -0.4 is 10.2 Å². The summed E-state index contributed by atoms with van der Waals surface area (Å²) in [6.45, 7) is 7.79. The molecule has 24 heavy (non-hydrogen) atoms. The van der Waals surface area contributed by atoms with E-state index >= 15 is 0 Å². The highest BCUT2D eigenvalue weighted by atomic mass is 16.2. The lowest BCUT2D eigenvalue weighted by molar-refractivity contribution is -0.126. The maximum absolute atomic E-state index is 12.4. The van der Waals surface area contributed by atoms with Gasteiger partial charge in [0.2, 0.25) is 11.8 Å². The highest BCUT2D eigenvalue weighted by molar-refractivity contribution is 6.00. The quantitative estimate of drug-likeness (QED) is 0.897. The Hall–Kier alpha value is -1.88. The Morgan fingerprint density at radius 3 is 2.67 bits per heavy atom. The van der Waals surface area contributed by atoms with Crippen LogP contribution >= 0.6 is 0 Å². The summed E-state index contributed by atoms with van der Waals surface area (Å²) >= 11 is 0. The van der Waals surface area contributed by atoms with E-state index < -0.39 is 0 Å². The van der Waals surface area contributed by atoms with Gasteiger partial charge in [0.25, 0.3) is 0 Å². The van der Waals surface area contributed by atoms with E-state index in [2.05, 4.69) is 24.1 Å². The van der Waals surface area contributed by atoms with Crippen LogP contribution in [-0.2, 0) is 9.59 Å². The predicted molar refractivity (Wildman–Crippen MR) is 94.7 cm³/mol. The molecule has 2 aliphatic heterocycles. The number of nitrogens with one attached hydrogen (secondary N) is 1. The summed E-state index contributed by atoms with van der Waals surface area (Å²) in [6, 6.07) is 10.1. The lowest BCUT2D eigenvalue weighted by Gasteiger charge is -2.20. The second-order valence-corrected chi connectivity index (χ2v) is 7.23. The van der Waals surface area contributed by atoms with Gasteiger partial charge < -0.3 is 15.1 Å². The molecule has 0 radical (unpaired) electrons. The number of anilines is 1. The molecule has 1 aromatic rings. The fourth-order valence-corrected chi connectivity index (χ4v) is 3.63. The Morgan fingerprint density at radius 1 is 1.25 bits per heavy atom. The zero-order valence-corrected chi connectivity index (χ0v) is 14.6. The molecule has 0 saturated carbocycles. The van der Waals surface area contributed by atoms with Crippen molar-refractivity contribution in [3.8, 4) is 0 Å². The number of likely N-dealkylation sites (tertiary alicyclic amines) is 1. The van der Waals surface area contributed by atoms with Gasteiger partial charge in [-0.15, -0.1) is 0 Å². The summed E-state index contributed by atoms with van der Waals surface area (Å²) in [5.74, 6) is 0.344. The van der Waals surface area contributed by atoms with Gasteiger partial charge in [-0.1, -0.05) is 18.2 Å². The fraction of sp³-hybridized carbons (Fsp3) is 0.579. The predicted octanol–water partition coefficient (Wildman–Crippen LogP) is 1.89. The molecule has 1 N–H and O–H groups in total. The van der Waals surface area contributed by atoms with Crippen LogP contribution in [0.5, 0.6) is 0 Å². The van der Waals surface area contributed by atoms with Gasteiger partial charge in [-0.25, -0.2) is 0 Å². The average molecular weight is 329 g/mol. The van der Waals surface area contributed by atoms with Crippen LogP contribution in [0.15, 0.2) is 30.3 Å². The number of hydrogen-bond donors (Lipinski definition) is 1. The minimum atomic E-state index is -0.236. The summed E-state index contributed by atoms with van der Waals surface area (Å²) in [5.41, 5.74) is 0.876. The molecule has 0 aliphatic carbocycles. The van der Waals surface area contributed by atoms with E-state index in [0.717, 1.165) is 31.7 Å². The first-order chi connectivity index (χ1) is 11.5. The fourth-order valence-electron chi connectivity index (χ4n) is 3.63. The van der Waals surface area contributed by atoms with Crippen molar-refractivity contribution < 1.29 is 9.59 Å². The molecule has 2 heterocycles. The van der Waals surface area contributed by atoms with Crippen molar-refractivity contribution in [3.05, 3.63) is 30.3 Å². The molecule has 2 atom stereocenters. The normalized spacial score (nSPS) is 24.8. The van der Waals surface area contributed by atoms with Crippen molar-refractivity contribution in [2.45, 2.75) is 32.7 Å². The van der Waals surface area contributed by atoms with Gasteiger partial charge in [-0.3, -0.25) is 9.59 Å². The molecular formula is C19H27N3O2. The number of carbonyl (C=O) groups is 2. The molecule has 0 unspecified atom stereocenters. The molecule has 0 spiro atoms. The molecule has 2 saturated heterocycles. The summed E-state index contributed by atoms with van der Waals surface area (Å²) in [5, 5.41) is 3.07. The van der Waals surface area contributed by atoms with Crippen LogP contribution in [0.25, 0.3) is 0 Å². The van der Waals surface area contributed by atoms with E-state index in [-0.39, 0.29) is 17.7 Å². The van der Waals surface area contributed by atoms with Crippen molar-refractivity contribution in [2.75, 3.05) is 31.1 Å². The summed E-state index contributed by atoms with van der Waals surface area (Å²) in [6.07, 6.45) is 1.45. The van der Waals surface area contributed by atoms with E-state index in [4.69, 9.17) is 0 Å². The minimum absolute atomic E-state index is 0.0183. The van der Waals surface area contributed by atoms with Gasteiger partial charge in [0.15, 0.2) is 0 Å². The second kappa shape index (κ2) is 7.34. The van der Waals surface area contributed by atoms with E-state index in [1.807, 2.05) is 30.3 Å². The Balaban J connectivity index is 1.49. The van der Waals surface area contributed by atoms with Crippen LogP contribution in [0.3, 0.4) is 0 Å². The first-order valence-electron chi connectivity index (χ1n) is 8.91. The number of hydrogen-bond acceptors (Lipinski definition) is 3. The first-order valence-corrected chi connectivity index (χ1v) is 8.91. The Bertz CT molecular complexity index is 588. The SMILES string of the molecule is CC(C)N1CC[C@@H](CNC(=O)[C@@H]2CC(=O)N(c3ccccc3)C2)C1. The third kappa shape index (κ3) is 3.78. The number of rotatable bonds is 5. The first kappa shape index (κ1) is 17.0. The summed E-state index contributed by atoms with van der Waals surface area (Å²) < 4.78 is 0. The third-order valence-corrected chi connectivity index (χ3v) is 5.18. The van der Waals surface area contributed by atoms with E-state index in [1.54, 1.807) is 4.90 Å². The van der Waals surface area contributed by atoms with Crippen molar-refractivity contribution in [1.29, 1.82) is 0 Å². The van der Waals surface area contributed by atoms with E-state index in [9.17, 15) is 9.59 Å². The number of benzene rings is 1. The lowest BCUT2D eigenvalue weighted by atomic mass is 10.1. The van der Waals surface area contributed by atoms with E-state index in [0.29, 0.717) is 24.9 Å². The standard InChI is InChI=1S/C19H27N3O2/c1-14(2)21-9-8-15(12-21)11-20-19(24)16-10-18(23)22(13-16)17-6-4-3-5-7-17/h3-7,14-16H,8-13H2,1-2H3,(H,20,24)/t15-,16+/m0/s1. The Labute approximate surface area is 144 Å². The Kier molecular flexibility index (Phi) is 5.19. The van der Waals surface area contributed by atoms with Crippen molar-refractivity contribution in [1.82, 2.24) is 10.2 Å². The zero-order chi connectivity index (χ0) is 17.1. The molecule has 3 rings (SSSR count). The van der Waals surface area contributed by atoms with Gasteiger partial charge >= 0.3 is 0 Å². The Morgan fingerprint density at radius 2 is 2.00 bits per heavy atom. The maximum atomic E-state index is 12.4. The third-order valence-electron chi connectivity index (χ3n) is 5.18. The van der Waals surface area contributed by atoms with Crippen LogP contribution in [0.4, 0.5) is 5.69 Å². The van der Waals surface area contributed by atoms with Crippen molar-refractivity contribution in [2.24, 2.45) is 11.8 Å². The van der Waals surface area contributed by atoms with Gasteiger partial charge in [-0.05, 0) is 44.9 Å². The van der Waals surface area contributed by atoms with Gasteiger partial charge in [0.1, 0.15) is 0 Å². The monoisotopic (exact) mass is 329 g/mol. The minimum Gasteiger partial charge on any atom is -0.355 e. The second-order valence-electron chi connectivity index (χ2n) is 7.23. The molecule has 0 aromatic heterocycles. The molecule has 5 heteroatoms. The lowest BCUT2D eigenvalue weighted by Crippen LogP contribution is -2.37. The van der Waals surface area contributed by atoms with Gasteiger partial charge in [0.05, 0.1) is 5.92 Å². The zero-order valence-electron chi connectivity index (χ0n) is 14.6. The maximum Gasteiger partial charge on any atom is 0.227 e. The smallest absolute Gasteiger partial charge is 0.227 e. The van der Waals surface area contributed by atoms with Crippen LogP contribution in [0.1, 0.15) is 26.7 Å². The number of nitrogens with zero attached hydrogens (tertiary/aromatic N) is 2. The molecule has 2 aliphatic rings. The van der Waals surface area contributed by atoms with Gasteiger partial charge in [0, 0.05) is 37.8 Å². The molecule has 1 aromatic carbocycles. The largest absolute Gasteiger partial charge is 0.355 e. The summed E-state index contributed by atoms with van der Waals surface area (Å²) in [4.78, 5) is 28.8. The molecule has 5 nitrogen and oxygen atoms in total. The highest BCUT2D eigenvalue weighted by Gasteiger charge is 2.35.